The van der Waals surface area contributed by atoms with Gasteiger partial charge < -0.3 is 15.7 Å². The highest BCUT2D eigenvalue weighted by Gasteiger charge is 2.36. The molecule has 6 heteroatoms. The molecule has 0 aromatic rings. The van der Waals surface area contributed by atoms with Crippen LogP contribution in [0.2, 0.25) is 0 Å². The van der Waals surface area contributed by atoms with Crippen LogP contribution in [-0.4, -0.2) is 53.7 Å². The van der Waals surface area contributed by atoms with E-state index in [-0.39, 0.29) is 30.1 Å². The minimum atomic E-state index is -0.789. The van der Waals surface area contributed by atoms with Crippen molar-refractivity contribution in [2.24, 2.45) is 11.3 Å². The molecular formula is C19H35N3O3. The van der Waals surface area contributed by atoms with Gasteiger partial charge in [-0.25, -0.2) is 4.79 Å². The Morgan fingerprint density at radius 1 is 1.24 bits per heavy atom. The smallest absolute Gasteiger partial charge is 0.317 e. The Bertz CT molecular complexity index is 455. The lowest BCUT2D eigenvalue weighted by Crippen LogP contribution is -2.56. The molecule has 144 valence electrons. The first-order valence-electron chi connectivity index (χ1n) is 9.84. The molecule has 0 aromatic heterocycles. The molecule has 0 atom stereocenters. The van der Waals surface area contributed by atoms with Crippen molar-refractivity contribution in [1.82, 2.24) is 15.5 Å². The van der Waals surface area contributed by atoms with E-state index in [1.54, 1.807) is 0 Å². The zero-order valence-corrected chi connectivity index (χ0v) is 16.0. The monoisotopic (exact) mass is 353 g/mol. The highest BCUT2D eigenvalue weighted by molar-refractivity contribution is 5.74. The first-order valence-corrected chi connectivity index (χ1v) is 9.84. The molecule has 3 N–H and O–H groups in total. The van der Waals surface area contributed by atoms with Gasteiger partial charge in [-0.15, -0.1) is 0 Å². The van der Waals surface area contributed by atoms with Crippen LogP contribution in [0.15, 0.2) is 0 Å². The quantitative estimate of drug-likeness (QED) is 0.595. The van der Waals surface area contributed by atoms with Crippen molar-refractivity contribution in [3.05, 3.63) is 0 Å². The maximum absolute atomic E-state index is 12.2. The SMILES string of the molecule is CCN(CC(=O)O)C1CC(NC(=O)NCC2(CC(C)C)CCCC2)C1. The topological polar surface area (TPSA) is 81.7 Å². The van der Waals surface area contributed by atoms with Crippen LogP contribution in [0.1, 0.15) is 65.7 Å². The number of nitrogens with zero attached hydrogens (tertiary/aromatic N) is 1. The number of rotatable bonds is 9. The largest absolute Gasteiger partial charge is 0.480 e. The Hall–Kier alpha value is -1.30. The molecule has 25 heavy (non-hydrogen) atoms. The van der Waals surface area contributed by atoms with Crippen LogP contribution >= 0.6 is 0 Å². The number of hydrogen-bond acceptors (Lipinski definition) is 3. The molecule has 0 heterocycles. The Labute approximate surface area is 151 Å². The fraction of sp³-hybridized carbons (Fsp3) is 0.895. The lowest BCUT2D eigenvalue weighted by atomic mass is 9.78. The van der Waals surface area contributed by atoms with Crippen molar-refractivity contribution in [2.75, 3.05) is 19.6 Å². The van der Waals surface area contributed by atoms with Gasteiger partial charge in [0.25, 0.3) is 0 Å². The zero-order valence-electron chi connectivity index (χ0n) is 16.0. The molecule has 6 nitrogen and oxygen atoms in total. The highest BCUT2D eigenvalue weighted by Crippen LogP contribution is 2.42. The van der Waals surface area contributed by atoms with Gasteiger partial charge in [0.15, 0.2) is 0 Å². The van der Waals surface area contributed by atoms with Crippen molar-refractivity contribution >= 4 is 12.0 Å². The molecule has 0 spiro atoms. The Morgan fingerprint density at radius 3 is 2.40 bits per heavy atom. The molecule has 0 radical (unpaired) electrons. The number of carbonyl (C=O) groups excluding carboxylic acids is 1. The van der Waals surface area contributed by atoms with Crippen LogP contribution in [0, 0.1) is 11.3 Å². The number of likely N-dealkylation sites (N-methyl/N-ethyl adjacent to an activating group) is 1. The number of carboxylic acid groups (broad SMARTS) is 1. The van der Waals surface area contributed by atoms with E-state index in [9.17, 15) is 9.59 Å². The van der Waals surface area contributed by atoms with Gasteiger partial charge in [-0.3, -0.25) is 9.69 Å². The Kier molecular flexibility index (Phi) is 7.11. The summed E-state index contributed by atoms with van der Waals surface area (Å²) in [6.07, 6.45) is 7.85. The van der Waals surface area contributed by atoms with E-state index in [1.807, 2.05) is 11.8 Å². The van der Waals surface area contributed by atoms with E-state index in [0.29, 0.717) is 5.92 Å². The number of aliphatic carboxylic acids is 1. The molecular weight excluding hydrogens is 318 g/mol. The van der Waals surface area contributed by atoms with Crippen molar-refractivity contribution in [1.29, 1.82) is 0 Å². The van der Waals surface area contributed by atoms with Gasteiger partial charge in [0.05, 0.1) is 6.54 Å². The van der Waals surface area contributed by atoms with Crippen LogP contribution in [-0.2, 0) is 4.79 Å². The third-order valence-electron chi connectivity index (χ3n) is 5.84. The van der Waals surface area contributed by atoms with Crippen LogP contribution in [0.4, 0.5) is 4.79 Å². The van der Waals surface area contributed by atoms with Crippen molar-refractivity contribution in [3.8, 4) is 0 Å². The van der Waals surface area contributed by atoms with Crippen LogP contribution in [0.5, 0.6) is 0 Å². The van der Waals surface area contributed by atoms with Crippen LogP contribution in [0.25, 0.3) is 0 Å². The van der Waals surface area contributed by atoms with Gasteiger partial charge in [-0.2, -0.15) is 0 Å². The predicted octanol–water partition coefficient (Wildman–Crippen LogP) is 2.83. The summed E-state index contributed by atoms with van der Waals surface area (Å²) < 4.78 is 0. The maximum atomic E-state index is 12.2. The van der Waals surface area contributed by atoms with Crippen molar-refractivity contribution < 1.29 is 14.7 Å². The molecule has 2 fully saturated rings. The predicted molar refractivity (Wildman–Crippen MR) is 98.6 cm³/mol. The number of urea groups is 1. The average molecular weight is 354 g/mol. The molecule has 2 amide bonds. The fourth-order valence-electron chi connectivity index (χ4n) is 4.62. The molecule has 0 bridgehead atoms. The standard InChI is InChI=1S/C19H35N3O3/c1-4-22(12-17(23)24)16-9-15(10-16)21-18(25)20-13-19(11-14(2)3)7-5-6-8-19/h14-16H,4-13H2,1-3H3,(H,23,24)(H2,20,21,25). The third-order valence-corrected chi connectivity index (χ3v) is 5.84. The van der Waals surface area contributed by atoms with Gasteiger partial charge >= 0.3 is 12.0 Å². The lowest BCUT2D eigenvalue weighted by molar-refractivity contribution is -0.139. The minimum Gasteiger partial charge on any atom is -0.480 e. The van der Waals surface area contributed by atoms with Crippen LogP contribution < -0.4 is 10.6 Å². The van der Waals surface area contributed by atoms with E-state index >= 15 is 0 Å². The van der Waals surface area contributed by atoms with Gasteiger partial charge in [0.1, 0.15) is 0 Å². The second-order valence-electron chi connectivity index (χ2n) is 8.41. The fourth-order valence-corrected chi connectivity index (χ4v) is 4.62. The summed E-state index contributed by atoms with van der Waals surface area (Å²) >= 11 is 0. The molecule has 2 saturated carbocycles. The number of amides is 2. The summed E-state index contributed by atoms with van der Waals surface area (Å²) in [6.45, 7) is 8.07. The normalized spacial score (nSPS) is 25.0. The second kappa shape index (κ2) is 8.88. The van der Waals surface area contributed by atoms with E-state index < -0.39 is 5.97 Å². The van der Waals surface area contributed by atoms with Crippen molar-refractivity contribution in [2.45, 2.75) is 77.8 Å². The van der Waals surface area contributed by atoms with Crippen LogP contribution in [0.3, 0.4) is 0 Å². The van der Waals surface area contributed by atoms with Gasteiger partial charge in [-0.1, -0.05) is 33.6 Å². The highest BCUT2D eigenvalue weighted by atomic mass is 16.4. The first kappa shape index (κ1) is 20.0. The number of hydrogen-bond donors (Lipinski definition) is 3. The number of carboxylic acids is 1. The molecule has 2 aliphatic carbocycles. The summed E-state index contributed by atoms with van der Waals surface area (Å²) in [6, 6.07) is 0.366. The first-order chi connectivity index (χ1) is 11.8. The molecule has 0 aliphatic heterocycles. The van der Waals surface area contributed by atoms with Gasteiger partial charge in [-0.05, 0) is 50.0 Å². The summed E-state index contributed by atoms with van der Waals surface area (Å²) in [4.78, 5) is 25.1. The number of carbonyl (C=O) groups is 2. The second-order valence-corrected chi connectivity index (χ2v) is 8.41. The van der Waals surface area contributed by atoms with E-state index in [0.717, 1.165) is 25.9 Å². The summed E-state index contributed by atoms with van der Waals surface area (Å²) in [5.74, 6) is -0.132. The van der Waals surface area contributed by atoms with Gasteiger partial charge in [0.2, 0.25) is 0 Å². The molecule has 0 unspecified atom stereocenters. The number of nitrogens with one attached hydrogen (secondary N) is 2. The Balaban J connectivity index is 1.70. The van der Waals surface area contributed by atoms with Gasteiger partial charge in [0, 0.05) is 18.6 Å². The third kappa shape index (κ3) is 5.87. The average Bonchev–Trinajstić information content (AvgIpc) is 2.94. The summed E-state index contributed by atoms with van der Waals surface area (Å²) in [5.41, 5.74) is 0.286. The molecule has 2 rings (SSSR count). The molecule has 0 saturated heterocycles. The van der Waals surface area contributed by atoms with Crippen molar-refractivity contribution in [3.63, 3.8) is 0 Å². The lowest BCUT2D eigenvalue weighted by Gasteiger charge is -2.42. The molecule has 2 aliphatic rings. The zero-order chi connectivity index (χ0) is 18.4. The maximum Gasteiger partial charge on any atom is 0.317 e. The summed E-state index contributed by atoms with van der Waals surface area (Å²) in [5, 5.41) is 15.1. The molecule has 0 aromatic carbocycles. The Morgan fingerprint density at radius 2 is 1.88 bits per heavy atom. The van der Waals surface area contributed by atoms with E-state index in [4.69, 9.17) is 5.11 Å². The van der Waals surface area contributed by atoms with E-state index in [2.05, 4.69) is 24.5 Å². The summed E-state index contributed by atoms with van der Waals surface area (Å²) in [7, 11) is 0. The minimum absolute atomic E-state index is 0.0697. The van der Waals surface area contributed by atoms with E-state index in [1.165, 1.54) is 32.1 Å².